The van der Waals surface area contributed by atoms with Crippen LogP contribution in [0.2, 0.25) is 0 Å². The normalized spacial score (nSPS) is 9.68. The molecular weight excluding hydrogens is 240 g/mol. The Morgan fingerprint density at radius 1 is 1.37 bits per heavy atom. The molecule has 0 aliphatic heterocycles. The summed E-state index contributed by atoms with van der Waals surface area (Å²) < 4.78 is 5.40. The molecule has 0 aliphatic rings. The highest BCUT2D eigenvalue weighted by molar-refractivity contribution is 6.04. The number of hydrogen-bond acceptors (Lipinski definition) is 3. The van der Waals surface area contributed by atoms with Gasteiger partial charge in [-0.05, 0) is 24.3 Å². The minimum absolute atomic E-state index is 0.200. The average Bonchev–Trinajstić information content (AvgIpc) is 2.46. The molecule has 4 heteroatoms. The maximum Gasteiger partial charge on any atom is 0.257 e. The Bertz CT molecular complexity index is 567. The number of carbonyl (C=O) groups excluding carboxylic acids is 1. The van der Waals surface area contributed by atoms with Gasteiger partial charge in [-0.2, -0.15) is 0 Å². The number of nitrogens with zero attached hydrogens (tertiary/aromatic N) is 1. The smallest absolute Gasteiger partial charge is 0.257 e. The minimum Gasteiger partial charge on any atom is -0.489 e. The molecule has 0 atom stereocenters. The van der Waals surface area contributed by atoms with Gasteiger partial charge in [-0.25, -0.2) is 0 Å². The summed E-state index contributed by atoms with van der Waals surface area (Å²) in [6.07, 6.45) is 4.81. The molecule has 0 saturated carbocycles. The van der Waals surface area contributed by atoms with Gasteiger partial charge >= 0.3 is 0 Å². The molecule has 2 aromatic rings. The molecule has 4 nitrogen and oxygen atoms in total. The van der Waals surface area contributed by atoms with E-state index in [-0.39, 0.29) is 5.91 Å². The fourth-order valence-electron chi connectivity index (χ4n) is 1.52. The van der Waals surface area contributed by atoms with Crippen LogP contribution in [0.4, 0.5) is 5.69 Å². The number of ether oxygens (including phenoxy) is 1. The molecule has 2 rings (SSSR count). The SMILES string of the molecule is C=CCOc1cccc(NC(=O)c2cccnc2)c1. The van der Waals surface area contributed by atoms with E-state index in [9.17, 15) is 4.79 Å². The zero-order chi connectivity index (χ0) is 13.5. The fraction of sp³-hybridized carbons (Fsp3) is 0.0667. The molecule has 0 radical (unpaired) electrons. The van der Waals surface area contributed by atoms with Crippen LogP contribution in [0.25, 0.3) is 0 Å². The van der Waals surface area contributed by atoms with Crippen LogP contribution in [-0.2, 0) is 0 Å². The lowest BCUT2D eigenvalue weighted by molar-refractivity contribution is 0.102. The lowest BCUT2D eigenvalue weighted by Crippen LogP contribution is -2.12. The van der Waals surface area contributed by atoms with Crippen molar-refractivity contribution < 1.29 is 9.53 Å². The monoisotopic (exact) mass is 254 g/mol. The van der Waals surface area contributed by atoms with Crippen LogP contribution in [0.1, 0.15) is 10.4 Å². The van der Waals surface area contributed by atoms with Gasteiger partial charge in [-0.15, -0.1) is 0 Å². The summed E-state index contributed by atoms with van der Waals surface area (Å²) in [5.74, 6) is 0.484. The average molecular weight is 254 g/mol. The number of rotatable bonds is 5. The van der Waals surface area contributed by atoms with Crippen molar-refractivity contribution in [3.05, 3.63) is 67.0 Å². The lowest BCUT2D eigenvalue weighted by atomic mass is 10.2. The van der Waals surface area contributed by atoms with E-state index in [2.05, 4.69) is 16.9 Å². The fourth-order valence-corrected chi connectivity index (χ4v) is 1.52. The van der Waals surface area contributed by atoms with Crippen LogP contribution in [-0.4, -0.2) is 17.5 Å². The second kappa shape index (κ2) is 6.35. The van der Waals surface area contributed by atoms with Crippen LogP contribution < -0.4 is 10.1 Å². The Labute approximate surface area is 111 Å². The van der Waals surface area contributed by atoms with Gasteiger partial charge < -0.3 is 10.1 Å². The predicted molar refractivity (Wildman–Crippen MR) is 74.3 cm³/mol. The molecule has 0 aliphatic carbocycles. The van der Waals surface area contributed by atoms with Crippen LogP contribution in [0.15, 0.2) is 61.4 Å². The molecule has 96 valence electrons. The summed E-state index contributed by atoms with van der Waals surface area (Å²) in [7, 11) is 0. The van der Waals surface area contributed by atoms with Crippen LogP contribution in [0.3, 0.4) is 0 Å². The van der Waals surface area contributed by atoms with Gasteiger partial charge in [0.05, 0.1) is 5.56 Å². The standard InChI is InChI=1S/C15H14N2O2/c1-2-9-19-14-7-3-6-13(10-14)17-15(18)12-5-4-8-16-11-12/h2-8,10-11H,1,9H2,(H,17,18). The van der Waals surface area contributed by atoms with Gasteiger partial charge in [0.2, 0.25) is 0 Å². The van der Waals surface area contributed by atoms with E-state index in [1.165, 1.54) is 6.20 Å². The molecule has 1 heterocycles. The molecule has 1 aromatic heterocycles. The Morgan fingerprint density at radius 3 is 3.00 bits per heavy atom. The predicted octanol–water partition coefficient (Wildman–Crippen LogP) is 2.90. The van der Waals surface area contributed by atoms with Crippen molar-refractivity contribution in [3.8, 4) is 5.75 Å². The highest BCUT2D eigenvalue weighted by Gasteiger charge is 2.06. The first-order valence-electron chi connectivity index (χ1n) is 5.85. The topological polar surface area (TPSA) is 51.2 Å². The second-order valence-corrected chi connectivity index (χ2v) is 3.82. The quantitative estimate of drug-likeness (QED) is 0.835. The number of anilines is 1. The summed E-state index contributed by atoms with van der Waals surface area (Å²) in [6.45, 7) is 4.02. The van der Waals surface area contributed by atoms with Crippen molar-refractivity contribution in [2.24, 2.45) is 0 Å². The maximum atomic E-state index is 11.9. The first-order chi connectivity index (χ1) is 9.29. The van der Waals surface area contributed by atoms with Crippen LogP contribution in [0, 0.1) is 0 Å². The summed E-state index contributed by atoms with van der Waals surface area (Å²) in [4.78, 5) is 15.8. The van der Waals surface area contributed by atoms with Gasteiger partial charge in [-0.3, -0.25) is 9.78 Å². The van der Waals surface area contributed by atoms with Crippen LogP contribution >= 0.6 is 0 Å². The van der Waals surface area contributed by atoms with E-state index < -0.39 is 0 Å². The Kier molecular flexibility index (Phi) is 4.29. The summed E-state index contributed by atoms with van der Waals surface area (Å²) >= 11 is 0. The Morgan fingerprint density at radius 2 is 2.26 bits per heavy atom. The minimum atomic E-state index is -0.200. The van der Waals surface area contributed by atoms with Crippen molar-refractivity contribution in [2.45, 2.75) is 0 Å². The number of aromatic nitrogens is 1. The number of pyridine rings is 1. The van der Waals surface area contributed by atoms with Crippen molar-refractivity contribution in [1.29, 1.82) is 0 Å². The molecule has 1 amide bonds. The third-order valence-corrected chi connectivity index (χ3v) is 2.38. The van der Waals surface area contributed by atoms with Crippen molar-refractivity contribution in [1.82, 2.24) is 4.98 Å². The lowest BCUT2D eigenvalue weighted by Gasteiger charge is -2.07. The Balaban J connectivity index is 2.06. The third-order valence-electron chi connectivity index (χ3n) is 2.38. The number of amides is 1. The molecule has 1 aromatic carbocycles. The molecule has 19 heavy (non-hydrogen) atoms. The summed E-state index contributed by atoms with van der Waals surface area (Å²) in [6, 6.07) is 10.6. The van der Waals surface area contributed by atoms with E-state index in [0.29, 0.717) is 23.6 Å². The third kappa shape index (κ3) is 3.67. The van der Waals surface area contributed by atoms with E-state index in [1.807, 2.05) is 12.1 Å². The van der Waals surface area contributed by atoms with Gasteiger partial charge in [0.15, 0.2) is 0 Å². The van der Waals surface area contributed by atoms with Crippen molar-refractivity contribution in [3.63, 3.8) is 0 Å². The zero-order valence-corrected chi connectivity index (χ0v) is 10.4. The maximum absolute atomic E-state index is 11.9. The molecule has 0 spiro atoms. The summed E-state index contributed by atoms with van der Waals surface area (Å²) in [5.41, 5.74) is 1.19. The number of nitrogens with one attached hydrogen (secondary N) is 1. The van der Waals surface area contributed by atoms with E-state index >= 15 is 0 Å². The molecule has 0 bridgehead atoms. The second-order valence-electron chi connectivity index (χ2n) is 3.82. The van der Waals surface area contributed by atoms with Gasteiger partial charge in [0, 0.05) is 24.1 Å². The van der Waals surface area contributed by atoms with E-state index in [1.54, 1.807) is 36.5 Å². The van der Waals surface area contributed by atoms with Gasteiger partial charge in [0.1, 0.15) is 12.4 Å². The highest BCUT2D eigenvalue weighted by atomic mass is 16.5. The van der Waals surface area contributed by atoms with Crippen molar-refractivity contribution in [2.75, 3.05) is 11.9 Å². The van der Waals surface area contributed by atoms with E-state index in [0.717, 1.165) is 0 Å². The highest BCUT2D eigenvalue weighted by Crippen LogP contribution is 2.18. The van der Waals surface area contributed by atoms with E-state index in [4.69, 9.17) is 4.74 Å². The molecule has 0 saturated heterocycles. The van der Waals surface area contributed by atoms with Crippen LogP contribution in [0.5, 0.6) is 5.75 Å². The molecule has 1 N–H and O–H groups in total. The van der Waals surface area contributed by atoms with Crippen molar-refractivity contribution >= 4 is 11.6 Å². The molecular formula is C15H14N2O2. The number of benzene rings is 1. The Hall–Kier alpha value is -2.62. The first kappa shape index (κ1) is 12.8. The zero-order valence-electron chi connectivity index (χ0n) is 10.4. The first-order valence-corrected chi connectivity index (χ1v) is 5.85. The summed E-state index contributed by atoms with van der Waals surface area (Å²) in [5, 5.41) is 2.79. The number of hydrogen-bond donors (Lipinski definition) is 1. The number of carbonyl (C=O) groups is 1. The largest absolute Gasteiger partial charge is 0.489 e. The van der Waals surface area contributed by atoms with Gasteiger partial charge in [-0.1, -0.05) is 18.7 Å². The van der Waals surface area contributed by atoms with Gasteiger partial charge in [0.25, 0.3) is 5.91 Å². The molecule has 0 fully saturated rings. The molecule has 0 unspecified atom stereocenters.